The first kappa shape index (κ1) is 10.3. The van der Waals surface area contributed by atoms with Gasteiger partial charge in [-0.3, -0.25) is 0 Å². The number of fused-ring (bicyclic) bond motifs is 2. The van der Waals surface area contributed by atoms with Gasteiger partial charge in [0.1, 0.15) is 0 Å². The van der Waals surface area contributed by atoms with Gasteiger partial charge in [0.15, 0.2) is 0 Å². The molecule has 1 aliphatic carbocycles. The predicted octanol–water partition coefficient (Wildman–Crippen LogP) is 4.53. The summed E-state index contributed by atoms with van der Waals surface area (Å²) < 4.78 is 0. The molecule has 0 N–H and O–H groups in total. The fourth-order valence-electron chi connectivity index (χ4n) is 2.75. The van der Waals surface area contributed by atoms with E-state index in [1.165, 1.54) is 33.9 Å². The van der Waals surface area contributed by atoms with Gasteiger partial charge in [0, 0.05) is 0 Å². The van der Waals surface area contributed by atoms with Crippen molar-refractivity contribution in [3.8, 4) is 0 Å². The topological polar surface area (TPSA) is 0 Å². The SMILES string of the molecule is C=CCc1c2c(cc3ccccc13)C=CCC2. The van der Waals surface area contributed by atoms with Crippen molar-refractivity contribution < 1.29 is 0 Å². The monoisotopic (exact) mass is 220 g/mol. The van der Waals surface area contributed by atoms with Crippen molar-refractivity contribution in [2.24, 2.45) is 0 Å². The summed E-state index contributed by atoms with van der Waals surface area (Å²) in [4.78, 5) is 0. The molecule has 0 amide bonds. The van der Waals surface area contributed by atoms with Crippen molar-refractivity contribution >= 4 is 16.8 Å². The number of hydrogen-bond acceptors (Lipinski definition) is 0. The number of allylic oxidation sites excluding steroid dienone is 2. The molecule has 3 rings (SSSR count). The lowest BCUT2D eigenvalue weighted by atomic mass is 9.87. The Balaban J connectivity index is 2.37. The van der Waals surface area contributed by atoms with Gasteiger partial charge in [0.25, 0.3) is 0 Å². The van der Waals surface area contributed by atoms with Gasteiger partial charge in [-0.15, -0.1) is 6.58 Å². The standard InChI is InChI=1S/C17H16/c1-2-7-17-15-10-5-3-8-13(15)12-14-9-4-6-11-16(14)17/h2-5,8-10,12H,1,6-7,11H2. The van der Waals surface area contributed by atoms with Crippen molar-refractivity contribution in [3.05, 3.63) is 65.8 Å². The maximum Gasteiger partial charge on any atom is -0.00910 e. The Kier molecular flexibility index (Phi) is 2.56. The molecule has 0 spiro atoms. The molecule has 0 aromatic heterocycles. The lowest BCUT2D eigenvalue weighted by Gasteiger charge is -2.17. The molecule has 0 saturated carbocycles. The zero-order valence-electron chi connectivity index (χ0n) is 9.95. The fourth-order valence-corrected chi connectivity index (χ4v) is 2.75. The molecule has 1 aliphatic rings. The van der Waals surface area contributed by atoms with E-state index in [0.717, 1.165) is 12.8 Å². The lowest BCUT2D eigenvalue weighted by molar-refractivity contribution is 0.966. The summed E-state index contributed by atoms with van der Waals surface area (Å²) in [6, 6.07) is 11.0. The zero-order chi connectivity index (χ0) is 11.7. The lowest BCUT2D eigenvalue weighted by Crippen LogP contribution is -2.01. The van der Waals surface area contributed by atoms with Gasteiger partial charge in [-0.2, -0.15) is 0 Å². The second-order valence-corrected chi connectivity index (χ2v) is 4.58. The van der Waals surface area contributed by atoms with E-state index >= 15 is 0 Å². The van der Waals surface area contributed by atoms with Crippen LogP contribution < -0.4 is 0 Å². The van der Waals surface area contributed by atoms with Gasteiger partial charge < -0.3 is 0 Å². The average molecular weight is 220 g/mol. The fraction of sp³-hybridized carbons (Fsp3) is 0.176. The second-order valence-electron chi connectivity index (χ2n) is 4.58. The maximum absolute atomic E-state index is 3.89. The summed E-state index contributed by atoms with van der Waals surface area (Å²) in [5, 5.41) is 2.73. The molecule has 0 heterocycles. The number of rotatable bonds is 2. The Bertz CT molecular complexity index is 603. The second kappa shape index (κ2) is 4.21. The highest BCUT2D eigenvalue weighted by Gasteiger charge is 2.12. The molecule has 0 aliphatic heterocycles. The summed E-state index contributed by atoms with van der Waals surface area (Å²) in [7, 11) is 0. The molecular weight excluding hydrogens is 204 g/mol. The van der Waals surface area contributed by atoms with Crippen LogP contribution in [0.4, 0.5) is 0 Å². The van der Waals surface area contributed by atoms with E-state index in [-0.39, 0.29) is 0 Å². The minimum absolute atomic E-state index is 0.970. The van der Waals surface area contributed by atoms with E-state index in [0.29, 0.717) is 0 Å². The summed E-state index contributed by atoms with van der Waals surface area (Å²) in [6.07, 6.45) is 9.85. The summed E-state index contributed by atoms with van der Waals surface area (Å²) >= 11 is 0. The summed E-state index contributed by atoms with van der Waals surface area (Å²) in [5.41, 5.74) is 4.38. The van der Waals surface area contributed by atoms with E-state index in [9.17, 15) is 0 Å². The van der Waals surface area contributed by atoms with Crippen LogP contribution >= 0.6 is 0 Å². The van der Waals surface area contributed by atoms with E-state index in [2.05, 4.69) is 49.1 Å². The van der Waals surface area contributed by atoms with E-state index in [1.807, 2.05) is 6.08 Å². The van der Waals surface area contributed by atoms with Crippen molar-refractivity contribution in [1.29, 1.82) is 0 Å². The molecule has 17 heavy (non-hydrogen) atoms. The van der Waals surface area contributed by atoms with Crippen LogP contribution in [0, 0.1) is 0 Å². The molecule has 0 nitrogen and oxygen atoms in total. The van der Waals surface area contributed by atoms with Gasteiger partial charge in [0.05, 0.1) is 0 Å². The van der Waals surface area contributed by atoms with Gasteiger partial charge in [-0.1, -0.05) is 42.5 Å². The van der Waals surface area contributed by atoms with Crippen molar-refractivity contribution in [2.75, 3.05) is 0 Å². The Morgan fingerprint density at radius 3 is 3.00 bits per heavy atom. The highest BCUT2D eigenvalue weighted by Crippen LogP contribution is 2.30. The van der Waals surface area contributed by atoms with E-state index < -0.39 is 0 Å². The Morgan fingerprint density at radius 1 is 1.24 bits per heavy atom. The quantitative estimate of drug-likeness (QED) is 0.652. The largest absolute Gasteiger partial charge is 0.103 e. The van der Waals surface area contributed by atoms with Crippen LogP contribution in [0.5, 0.6) is 0 Å². The Morgan fingerprint density at radius 2 is 2.12 bits per heavy atom. The number of benzene rings is 2. The first-order valence-corrected chi connectivity index (χ1v) is 6.21. The van der Waals surface area contributed by atoms with Gasteiger partial charge in [0.2, 0.25) is 0 Å². The van der Waals surface area contributed by atoms with Crippen LogP contribution in [-0.2, 0) is 12.8 Å². The molecule has 0 fully saturated rings. The minimum Gasteiger partial charge on any atom is -0.103 e. The molecule has 2 aromatic rings. The third-order valence-electron chi connectivity index (χ3n) is 3.52. The first-order chi connectivity index (χ1) is 8.40. The van der Waals surface area contributed by atoms with Crippen LogP contribution in [0.2, 0.25) is 0 Å². The molecule has 0 heteroatoms. The highest BCUT2D eigenvalue weighted by atomic mass is 14.2. The van der Waals surface area contributed by atoms with Crippen LogP contribution in [0.1, 0.15) is 23.1 Å². The van der Waals surface area contributed by atoms with Gasteiger partial charge in [-0.25, -0.2) is 0 Å². The third-order valence-corrected chi connectivity index (χ3v) is 3.52. The molecule has 2 aromatic carbocycles. The Labute approximate surface area is 102 Å². The molecular formula is C17H16. The van der Waals surface area contributed by atoms with Crippen LogP contribution in [-0.4, -0.2) is 0 Å². The van der Waals surface area contributed by atoms with Crippen LogP contribution in [0.3, 0.4) is 0 Å². The molecule has 0 atom stereocenters. The van der Waals surface area contributed by atoms with Crippen molar-refractivity contribution in [2.45, 2.75) is 19.3 Å². The minimum atomic E-state index is 0.970. The van der Waals surface area contributed by atoms with E-state index in [1.54, 1.807) is 0 Å². The van der Waals surface area contributed by atoms with Crippen molar-refractivity contribution in [1.82, 2.24) is 0 Å². The molecule has 0 bridgehead atoms. The third kappa shape index (κ3) is 1.70. The molecule has 0 saturated heterocycles. The molecule has 84 valence electrons. The predicted molar refractivity (Wildman–Crippen MR) is 75.2 cm³/mol. The maximum atomic E-state index is 3.89. The average Bonchev–Trinajstić information content (AvgIpc) is 2.39. The summed E-state index contributed by atoms with van der Waals surface area (Å²) in [6.45, 7) is 3.89. The normalized spacial score (nSPS) is 13.6. The van der Waals surface area contributed by atoms with E-state index in [4.69, 9.17) is 0 Å². The van der Waals surface area contributed by atoms with Crippen molar-refractivity contribution in [3.63, 3.8) is 0 Å². The number of hydrogen-bond donors (Lipinski definition) is 0. The Hall–Kier alpha value is -1.82. The van der Waals surface area contributed by atoms with Gasteiger partial charge >= 0.3 is 0 Å². The van der Waals surface area contributed by atoms with Crippen LogP contribution in [0.25, 0.3) is 16.8 Å². The molecule has 0 radical (unpaired) electrons. The smallest absolute Gasteiger partial charge is 0.00910 e. The summed E-state index contributed by atoms with van der Waals surface area (Å²) in [5.74, 6) is 0. The zero-order valence-corrected chi connectivity index (χ0v) is 9.95. The van der Waals surface area contributed by atoms with Crippen LogP contribution in [0.15, 0.2) is 49.1 Å². The first-order valence-electron chi connectivity index (χ1n) is 6.21. The van der Waals surface area contributed by atoms with Gasteiger partial charge in [-0.05, 0) is 52.8 Å². The molecule has 0 unspecified atom stereocenters. The highest BCUT2D eigenvalue weighted by molar-refractivity contribution is 5.90.